The van der Waals surface area contributed by atoms with Crippen LogP contribution >= 0.6 is 0 Å². The molecule has 50 valence electrons. The van der Waals surface area contributed by atoms with Crippen molar-refractivity contribution in [3.05, 3.63) is 0 Å². The Bertz CT molecular complexity index is 93.2. The second kappa shape index (κ2) is 8.25. The van der Waals surface area contributed by atoms with Crippen LogP contribution < -0.4 is 11.7 Å². The molecule has 0 saturated heterocycles. The van der Waals surface area contributed by atoms with Gasteiger partial charge in [-0.15, -0.1) is 0 Å². The molecule has 5 N–H and O–H groups in total. The standard InChI is InChI=1S/C3H3O3.La.H4N2/c4-2-1-3(5)6;;1-2/h1H2,(H,5,6);;1-2H2. The van der Waals surface area contributed by atoms with Gasteiger partial charge in [-0.1, -0.05) is 0 Å². The molecule has 0 amide bonds. The van der Waals surface area contributed by atoms with Crippen LogP contribution in [-0.2, 0) is 9.59 Å². The molecule has 0 bridgehead atoms. The Labute approximate surface area is 74.4 Å². The van der Waals surface area contributed by atoms with Crippen molar-refractivity contribution in [1.29, 1.82) is 0 Å². The Balaban J connectivity index is 0. The Morgan fingerprint density at radius 1 is 1.44 bits per heavy atom. The van der Waals surface area contributed by atoms with Crippen molar-refractivity contribution in [2.45, 2.75) is 6.42 Å². The maximum atomic E-state index is 9.95. The van der Waals surface area contributed by atoms with E-state index < -0.39 is 5.97 Å². The van der Waals surface area contributed by atoms with Crippen molar-refractivity contribution in [1.82, 2.24) is 0 Å². The SMILES string of the molecule is NN.O=C(O)C[C](=O)[La]. The van der Waals surface area contributed by atoms with Gasteiger partial charge in [0, 0.05) is 0 Å². The first-order valence-corrected chi connectivity index (χ1v) is 3.77. The Morgan fingerprint density at radius 3 is 1.78 bits per heavy atom. The van der Waals surface area contributed by atoms with Crippen LogP contribution in [0.1, 0.15) is 6.42 Å². The zero-order chi connectivity index (χ0) is 7.86. The number of carbonyl (C=O) groups is 2. The third-order valence-electron chi connectivity index (χ3n) is 0.325. The van der Waals surface area contributed by atoms with E-state index in [1.54, 1.807) is 0 Å². The first kappa shape index (κ1) is 12.0. The number of carboxylic acids is 1. The molecule has 9 heavy (non-hydrogen) atoms. The minimum atomic E-state index is -1.02. The van der Waals surface area contributed by atoms with Crippen LogP contribution in [0.2, 0.25) is 0 Å². The van der Waals surface area contributed by atoms with Gasteiger partial charge in [0.1, 0.15) is 0 Å². The van der Waals surface area contributed by atoms with E-state index in [-0.39, 0.29) is 42.3 Å². The van der Waals surface area contributed by atoms with Gasteiger partial charge in [-0.05, 0) is 0 Å². The topological polar surface area (TPSA) is 106 Å². The predicted octanol–water partition coefficient (Wildman–Crippen LogP) is -1.64. The summed E-state index contributed by atoms with van der Waals surface area (Å²) >= 11 is 0.168. The third-order valence-corrected chi connectivity index (χ3v) is 0.966. The monoisotopic (exact) mass is 258 g/mol. The first-order valence-electron chi connectivity index (χ1n) is 1.96. The van der Waals surface area contributed by atoms with Gasteiger partial charge in [0.25, 0.3) is 0 Å². The number of carbonyl (C=O) groups excluding carboxylic acids is 1. The van der Waals surface area contributed by atoms with Gasteiger partial charge in [0.15, 0.2) is 0 Å². The molecule has 0 aliphatic heterocycles. The van der Waals surface area contributed by atoms with Gasteiger partial charge in [0.05, 0.1) is 0 Å². The molecule has 6 heteroatoms. The van der Waals surface area contributed by atoms with Gasteiger partial charge in [-0.3, -0.25) is 11.7 Å². The normalized spacial score (nSPS) is 6.78. The molecule has 0 saturated carbocycles. The van der Waals surface area contributed by atoms with E-state index in [4.69, 9.17) is 5.11 Å². The molecular weight excluding hydrogens is 251 g/mol. The van der Waals surface area contributed by atoms with Crippen LogP contribution in [0.15, 0.2) is 0 Å². The van der Waals surface area contributed by atoms with E-state index in [0.717, 1.165) is 0 Å². The summed E-state index contributed by atoms with van der Waals surface area (Å²) in [4.78, 5) is 19.6. The molecule has 0 aromatic carbocycles. The fourth-order valence-corrected chi connectivity index (χ4v) is 0.697. The molecule has 0 aromatic heterocycles. The van der Waals surface area contributed by atoms with Crippen molar-refractivity contribution in [2.75, 3.05) is 0 Å². The Hall–Kier alpha value is 0.255. The number of hydrazine groups is 1. The Kier molecular flexibility index (Phi) is 11.0. The zero-order valence-corrected chi connectivity index (χ0v) is 8.33. The van der Waals surface area contributed by atoms with E-state index in [2.05, 4.69) is 11.7 Å². The summed E-state index contributed by atoms with van der Waals surface area (Å²) in [7, 11) is 0. The van der Waals surface area contributed by atoms with E-state index in [1.807, 2.05) is 0 Å². The van der Waals surface area contributed by atoms with E-state index in [9.17, 15) is 9.59 Å². The van der Waals surface area contributed by atoms with Gasteiger partial charge in [-0.2, -0.15) is 0 Å². The van der Waals surface area contributed by atoms with Gasteiger partial charge < -0.3 is 0 Å². The van der Waals surface area contributed by atoms with E-state index in [0.29, 0.717) is 0 Å². The predicted molar refractivity (Wildman–Crippen MR) is 25.6 cm³/mol. The summed E-state index contributed by atoms with van der Waals surface area (Å²) < 4.78 is -0.146. The van der Waals surface area contributed by atoms with Crippen LogP contribution in [0.5, 0.6) is 0 Å². The summed E-state index contributed by atoms with van der Waals surface area (Å²) in [5.41, 5.74) is 0. The van der Waals surface area contributed by atoms with E-state index in [1.165, 1.54) is 0 Å². The molecule has 0 aliphatic rings. The summed E-state index contributed by atoms with van der Waals surface area (Å²) in [6.45, 7) is 0. The molecule has 0 aliphatic carbocycles. The fourth-order valence-electron chi connectivity index (χ4n) is 0.149. The average molecular weight is 258 g/mol. The molecule has 0 radical (unpaired) electrons. The molecule has 0 aromatic rings. The molecular formula is C3H7LaN2O3. The van der Waals surface area contributed by atoms with Crippen LogP contribution in [0.4, 0.5) is 0 Å². The van der Waals surface area contributed by atoms with Gasteiger partial charge in [0.2, 0.25) is 0 Å². The van der Waals surface area contributed by atoms with Crippen molar-refractivity contribution in [3.8, 4) is 0 Å². The van der Waals surface area contributed by atoms with Crippen molar-refractivity contribution in [2.24, 2.45) is 11.7 Å². The molecule has 0 unspecified atom stereocenters. The molecule has 0 rings (SSSR count). The van der Waals surface area contributed by atoms with Crippen molar-refractivity contribution < 1.29 is 48.4 Å². The second-order valence-corrected chi connectivity index (χ2v) is 3.06. The van der Waals surface area contributed by atoms with Gasteiger partial charge >= 0.3 is 63.0 Å². The zero-order valence-electron chi connectivity index (χ0n) is 4.70. The maximum absolute atomic E-state index is 9.95. The van der Waals surface area contributed by atoms with Crippen molar-refractivity contribution in [3.63, 3.8) is 0 Å². The first-order chi connectivity index (χ1) is 4.13. The number of rotatable bonds is 2. The summed E-state index contributed by atoms with van der Waals surface area (Å²) in [6, 6.07) is 0. The molecule has 0 spiro atoms. The molecule has 5 nitrogen and oxygen atoms in total. The summed E-state index contributed by atoms with van der Waals surface area (Å²) in [5.74, 6) is 6.98. The minimum absolute atomic E-state index is 0.146. The summed E-state index contributed by atoms with van der Waals surface area (Å²) in [5, 5.41) is 7.89. The number of aliphatic carboxylic acids is 1. The van der Waals surface area contributed by atoms with Crippen LogP contribution in [0.25, 0.3) is 0 Å². The number of carboxylic acid groups (broad SMARTS) is 1. The van der Waals surface area contributed by atoms with Crippen LogP contribution in [-0.4, -0.2) is 13.3 Å². The average Bonchev–Trinajstić information content (AvgIpc) is 1.68. The van der Waals surface area contributed by atoms with Gasteiger partial charge in [-0.25, -0.2) is 0 Å². The molecule has 0 atom stereocenters. The van der Waals surface area contributed by atoms with Crippen molar-refractivity contribution >= 4 is 8.16 Å². The second-order valence-electron chi connectivity index (χ2n) is 1.04. The summed E-state index contributed by atoms with van der Waals surface area (Å²) in [6.07, 6.45) is -0.287. The van der Waals surface area contributed by atoms with Crippen LogP contribution in [0.3, 0.4) is 0 Å². The number of hydrogen-bond acceptors (Lipinski definition) is 4. The number of hydrogen-bond donors (Lipinski definition) is 3. The fraction of sp³-hybridized carbons (Fsp3) is 0.333. The number of nitrogens with two attached hydrogens (primary N) is 2. The molecule has 0 fully saturated rings. The molecule has 0 heterocycles. The van der Waals surface area contributed by atoms with Crippen LogP contribution in [0, 0.1) is 33.7 Å². The van der Waals surface area contributed by atoms with E-state index >= 15 is 0 Å². The quantitative estimate of drug-likeness (QED) is 0.313. The Morgan fingerprint density at radius 2 is 1.78 bits per heavy atom. The third kappa shape index (κ3) is 17.8.